The van der Waals surface area contributed by atoms with E-state index in [4.69, 9.17) is 8.92 Å². The van der Waals surface area contributed by atoms with Gasteiger partial charge in [0, 0.05) is 0 Å². The fraction of sp³-hybridized carbons (Fsp3) is 0.600. The lowest BCUT2D eigenvalue weighted by molar-refractivity contribution is 0.00975. The van der Waals surface area contributed by atoms with E-state index in [9.17, 15) is 8.42 Å². The predicted octanol–water partition coefficient (Wildman–Crippen LogP) is 2.12. The van der Waals surface area contributed by atoms with Gasteiger partial charge in [-0.15, -0.1) is 0 Å². The zero-order valence-electron chi connectivity index (χ0n) is 11.4. The first kappa shape index (κ1) is 12.8. The molecule has 5 heteroatoms. The molecule has 2 aliphatic carbocycles. The number of fused-ring (bicyclic) bond motifs is 1. The Labute approximate surface area is 119 Å². The number of ether oxygens (including phenoxy) is 1. The van der Waals surface area contributed by atoms with Gasteiger partial charge >= 0.3 is 0 Å². The highest BCUT2D eigenvalue weighted by molar-refractivity contribution is 7.86. The fourth-order valence-corrected chi connectivity index (χ4v) is 5.21. The minimum Gasteiger partial charge on any atom is -0.375 e. The highest BCUT2D eigenvalue weighted by Gasteiger charge is 2.58. The van der Waals surface area contributed by atoms with Crippen LogP contribution in [0.15, 0.2) is 29.2 Å². The molecule has 2 saturated carbocycles. The molecular formula is C15H18O4S. The highest BCUT2D eigenvalue weighted by atomic mass is 32.2. The van der Waals surface area contributed by atoms with Gasteiger partial charge in [0.15, 0.2) is 0 Å². The van der Waals surface area contributed by atoms with Crippen LogP contribution < -0.4 is 0 Å². The van der Waals surface area contributed by atoms with E-state index in [-0.39, 0.29) is 17.1 Å². The molecule has 108 valence electrons. The second kappa shape index (κ2) is 4.29. The number of benzene rings is 1. The van der Waals surface area contributed by atoms with Gasteiger partial charge in [0.25, 0.3) is 10.1 Å². The van der Waals surface area contributed by atoms with Gasteiger partial charge in [-0.05, 0) is 49.7 Å². The molecule has 4 nitrogen and oxygen atoms in total. The van der Waals surface area contributed by atoms with Gasteiger partial charge in [-0.2, -0.15) is 8.42 Å². The third-order valence-corrected chi connectivity index (χ3v) is 6.37. The standard InChI is InChI=1S/C15H18O4S/c1-9-2-4-12(5-3-9)20(16,17)19-14-10-6-11-8-18-15(14)13(11)7-10/h2-5,10-11,13-15H,6-8H2,1H3/t10-,11-,13-,14+,15+/m0/s1. The lowest BCUT2D eigenvalue weighted by atomic mass is 9.88. The molecule has 1 saturated heterocycles. The van der Waals surface area contributed by atoms with E-state index in [0.717, 1.165) is 25.0 Å². The van der Waals surface area contributed by atoms with Crippen LogP contribution in [0.1, 0.15) is 18.4 Å². The molecule has 20 heavy (non-hydrogen) atoms. The maximum Gasteiger partial charge on any atom is 0.297 e. The van der Waals surface area contributed by atoms with E-state index in [0.29, 0.717) is 17.8 Å². The van der Waals surface area contributed by atoms with Crippen molar-refractivity contribution in [2.75, 3.05) is 6.61 Å². The minimum atomic E-state index is -3.69. The molecule has 3 aliphatic rings. The van der Waals surface area contributed by atoms with Crippen LogP contribution in [0.3, 0.4) is 0 Å². The van der Waals surface area contributed by atoms with Crippen molar-refractivity contribution in [1.29, 1.82) is 0 Å². The number of hydrogen-bond acceptors (Lipinski definition) is 4. The Morgan fingerprint density at radius 2 is 1.90 bits per heavy atom. The lowest BCUT2D eigenvalue weighted by Gasteiger charge is -2.26. The molecule has 1 heterocycles. The number of rotatable bonds is 3. The maximum atomic E-state index is 12.4. The average Bonchev–Trinajstić information content (AvgIpc) is 3.01. The predicted molar refractivity (Wildman–Crippen MR) is 72.7 cm³/mol. The van der Waals surface area contributed by atoms with Crippen molar-refractivity contribution in [3.05, 3.63) is 29.8 Å². The van der Waals surface area contributed by atoms with E-state index in [1.54, 1.807) is 24.3 Å². The fourth-order valence-electron chi connectivity index (χ4n) is 4.07. The van der Waals surface area contributed by atoms with E-state index in [2.05, 4.69) is 0 Å². The molecule has 2 bridgehead atoms. The Morgan fingerprint density at radius 3 is 2.65 bits per heavy atom. The molecule has 4 rings (SSSR count). The van der Waals surface area contributed by atoms with E-state index >= 15 is 0 Å². The molecule has 0 amide bonds. The molecule has 0 aromatic heterocycles. The largest absolute Gasteiger partial charge is 0.375 e. The summed E-state index contributed by atoms with van der Waals surface area (Å²) in [4.78, 5) is 0.237. The van der Waals surface area contributed by atoms with E-state index < -0.39 is 10.1 Å². The summed E-state index contributed by atoms with van der Waals surface area (Å²) in [5, 5.41) is 0. The van der Waals surface area contributed by atoms with Crippen molar-refractivity contribution >= 4 is 10.1 Å². The number of aryl methyl sites for hydroxylation is 1. The molecular weight excluding hydrogens is 276 g/mol. The highest BCUT2D eigenvalue weighted by Crippen LogP contribution is 2.55. The average molecular weight is 294 g/mol. The Bertz CT molecular complexity index is 620. The minimum absolute atomic E-state index is 0.0148. The summed E-state index contributed by atoms with van der Waals surface area (Å²) in [6.45, 7) is 2.70. The summed E-state index contributed by atoms with van der Waals surface area (Å²) in [6, 6.07) is 6.80. The molecule has 0 unspecified atom stereocenters. The van der Waals surface area contributed by atoms with Crippen LogP contribution in [0.2, 0.25) is 0 Å². The van der Waals surface area contributed by atoms with Crippen LogP contribution in [0.5, 0.6) is 0 Å². The molecule has 1 aliphatic heterocycles. The molecule has 5 atom stereocenters. The smallest absolute Gasteiger partial charge is 0.297 e. The van der Waals surface area contributed by atoms with Crippen molar-refractivity contribution < 1.29 is 17.3 Å². The van der Waals surface area contributed by atoms with Gasteiger partial charge in [-0.25, -0.2) is 0 Å². The van der Waals surface area contributed by atoms with Crippen LogP contribution in [-0.2, 0) is 19.0 Å². The van der Waals surface area contributed by atoms with Crippen LogP contribution in [0.4, 0.5) is 0 Å². The SMILES string of the molecule is Cc1ccc(S(=O)(=O)O[C@@H]2[C@H]3C[C@H]4CO[C@@H]2[C@H]4C3)cc1. The van der Waals surface area contributed by atoms with Crippen molar-refractivity contribution in [2.45, 2.75) is 36.9 Å². The second-order valence-electron chi connectivity index (χ2n) is 6.28. The van der Waals surface area contributed by atoms with Crippen LogP contribution in [0, 0.1) is 24.7 Å². The van der Waals surface area contributed by atoms with Crippen molar-refractivity contribution in [3.8, 4) is 0 Å². The molecule has 3 fully saturated rings. The van der Waals surface area contributed by atoms with Gasteiger partial charge in [0.1, 0.15) is 6.10 Å². The maximum absolute atomic E-state index is 12.4. The molecule has 0 spiro atoms. The van der Waals surface area contributed by atoms with Crippen molar-refractivity contribution in [1.82, 2.24) is 0 Å². The molecule has 1 aromatic rings. The topological polar surface area (TPSA) is 52.6 Å². The first-order valence-corrected chi connectivity index (χ1v) is 8.57. The number of hydrogen-bond donors (Lipinski definition) is 0. The normalized spacial score (nSPS) is 38.5. The van der Waals surface area contributed by atoms with E-state index in [1.807, 2.05) is 6.92 Å². The van der Waals surface area contributed by atoms with Crippen molar-refractivity contribution in [3.63, 3.8) is 0 Å². The summed E-state index contributed by atoms with van der Waals surface area (Å²) in [7, 11) is -3.69. The van der Waals surface area contributed by atoms with Gasteiger partial charge < -0.3 is 4.74 Å². The zero-order valence-corrected chi connectivity index (χ0v) is 12.2. The zero-order chi connectivity index (χ0) is 13.9. The van der Waals surface area contributed by atoms with Crippen LogP contribution in [0.25, 0.3) is 0 Å². The molecule has 0 N–H and O–H groups in total. The van der Waals surface area contributed by atoms with Gasteiger partial charge in [0.05, 0.1) is 17.6 Å². The quantitative estimate of drug-likeness (QED) is 0.801. The van der Waals surface area contributed by atoms with Crippen LogP contribution in [-0.4, -0.2) is 27.2 Å². The van der Waals surface area contributed by atoms with Crippen molar-refractivity contribution in [2.24, 2.45) is 17.8 Å². The summed E-state index contributed by atoms with van der Waals surface area (Å²) < 4.78 is 36.0. The monoisotopic (exact) mass is 294 g/mol. The Balaban J connectivity index is 1.58. The second-order valence-corrected chi connectivity index (χ2v) is 7.85. The third-order valence-electron chi connectivity index (χ3n) is 5.05. The Kier molecular flexibility index (Phi) is 2.75. The molecule has 0 radical (unpaired) electrons. The van der Waals surface area contributed by atoms with Gasteiger partial charge in [-0.3, -0.25) is 4.18 Å². The van der Waals surface area contributed by atoms with Gasteiger partial charge in [-0.1, -0.05) is 17.7 Å². The summed E-state index contributed by atoms with van der Waals surface area (Å²) in [6.07, 6.45) is 1.81. The third kappa shape index (κ3) is 1.84. The first-order valence-electron chi connectivity index (χ1n) is 7.16. The summed E-state index contributed by atoms with van der Waals surface area (Å²) in [5.41, 5.74) is 1.03. The van der Waals surface area contributed by atoms with Gasteiger partial charge in [0.2, 0.25) is 0 Å². The first-order chi connectivity index (χ1) is 9.54. The Morgan fingerprint density at radius 1 is 1.15 bits per heavy atom. The van der Waals surface area contributed by atoms with Crippen LogP contribution >= 0.6 is 0 Å². The van der Waals surface area contributed by atoms with E-state index in [1.165, 1.54) is 0 Å². The lowest BCUT2D eigenvalue weighted by Crippen LogP contribution is -2.36. The Hall–Kier alpha value is -0.910. The molecule has 1 aromatic carbocycles. The summed E-state index contributed by atoms with van der Waals surface area (Å²) >= 11 is 0. The summed E-state index contributed by atoms with van der Waals surface area (Å²) in [5.74, 6) is 1.49.